The summed E-state index contributed by atoms with van der Waals surface area (Å²) in [6.45, 7) is 0. The molecule has 0 saturated heterocycles. The molecular weight excluding hydrogens is 274 g/mol. The molecule has 5 nitrogen and oxygen atoms in total. The van der Waals surface area contributed by atoms with Crippen LogP contribution in [0.3, 0.4) is 0 Å². The van der Waals surface area contributed by atoms with E-state index in [4.69, 9.17) is 0 Å². The number of rotatable bonds is 2. The molecule has 0 spiro atoms. The summed E-state index contributed by atoms with van der Waals surface area (Å²) in [5, 5.41) is 14.9. The maximum Gasteiger partial charge on any atom is 0.270 e. The molecule has 0 unspecified atom stereocenters. The van der Waals surface area contributed by atoms with Gasteiger partial charge in [-0.15, -0.1) is 0 Å². The van der Waals surface area contributed by atoms with Gasteiger partial charge in [-0.2, -0.15) is 5.10 Å². The van der Waals surface area contributed by atoms with E-state index in [1.54, 1.807) is 24.0 Å². The molecule has 1 aromatic carbocycles. The van der Waals surface area contributed by atoms with Gasteiger partial charge in [0.2, 0.25) is 0 Å². The number of halogens is 1. The Morgan fingerprint density at radius 3 is 2.75 bits per heavy atom. The topological polar surface area (TPSA) is 61.0 Å². The maximum atomic E-state index is 10.7. The molecule has 0 aliphatic rings. The summed E-state index contributed by atoms with van der Waals surface area (Å²) in [4.78, 5) is 10.2. The zero-order valence-corrected chi connectivity index (χ0v) is 10.0. The Morgan fingerprint density at radius 2 is 2.19 bits per heavy atom. The quantitative estimate of drug-likeness (QED) is 0.628. The van der Waals surface area contributed by atoms with Crippen molar-refractivity contribution in [2.24, 2.45) is 7.05 Å². The third-order valence-corrected chi connectivity index (χ3v) is 2.84. The van der Waals surface area contributed by atoms with Crippen LogP contribution in [-0.2, 0) is 7.05 Å². The van der Waals surface area contributed by atoms with E-state index in [1.807, 2.05) is 6.07 Å². The normalized spacial score (nSPS) is 10.4. The van der Waals surface area contributed by atoms with Crippen LogP contribution < -0.4 is 0 Å². The summed E-state index contributed by atoms with van der Waals surface area (Å²) in [6.07, 6.45) is 1.79. The van der Waals surface area contributed by atoms with Crippen molar-refractivity contribution in [3.05, 3.63) is 45.0 Å². The van der Waals surface area contributed by atoms with Crippen LogP contribution in [-0.4, -0.2) is 14.7 Å². The molecule has 0 aliphatic carbocycles. The van der Waals surface area contributed by atoms with Gasteiger partial charge in [0.15, 0.2) is 0 Å². The molecule has 82 valence electrons. The summed E-state index contributed by atoms with van der Waals surface area (Å²) < 4.78 is 2.44. The zero-order chi connectivity index (χ0) is 11.7. The Kier molecular flexibility index (Phi) is 2.74. The first-order valence-corrected chi connectivity index (χ1v) is 5.31. The number of aromatic nitrogens is 2. The molecule has 0 aliphatic heterocycles. The second-order valence-electron chi connectivity index (χ2n) is 3.30. The van der Waals surface area contributed by atoms with Gasteiger partial charge in [-0.3, -0.25) is 14.8 Å². The predicted octanol–water partition coefficient (Wildman–Crippen LogP) is 2.76. The minimum Gasteiger partial charge on any atom is -0.275 e. The summed E-state index contributed by atoms with van der Waals surface area (Å²) in [6, 6.07) is 6.43. The molecule has 0 amide bonds. The molecule has 0 fully saturated rings. The average Bonchev–Trinajstić information content (AvgIpc) is 2.65. The molecule has 0 saturated carbocycles. The fourth-order valence-electron chi connectivity index (χ4n) is 1.38. The number of nitro groups is 1. The molecule has 2 rings (SSSR count). The molecule has 0 N–H and O–H groups in total. The fraction of sp³-hybridized carbons (Fsp3) is 0.100. The van der Waals surface area contributed by atoms with Crippen LogP contribution in [0.4, 0.5) is 5.69 Å². The summed E-state index contributed by atoms with van der Waals surface area (Å²) in [5.41, 5.74) is 1.48. The van der Waals surface area contributed by atoms with Gasteiger partial charge in [0, 0.05) is 35.4 Å². The van der Waals surface area contributed by atoms with E-state index in [-0.39, 0.29) is 5.69 Å². The largest absolute Gasteiger partial charge is 0.275 e. The third kappa shape index (κ3) is 1.96. The van der Waals surface area contributed by atoms with Gasteiger partial charge in [0.05, 0.1) is 10.6 Å². The van der Waals surface area contributed by atoms with Crippen LogP contribution in [0.2, 0.25) is 0 Å². The van der Waals surface area contributed by atoms with Crippen LogP contribution in [0.1, 0.15) is 0 Å². The molecule has 0 atom stereocenters. The second-order valence-corrected chi connectivity index (χ2v) is 4.15. The van der Waals surface area contributed by atoms with Crippen molar-refractivity contribution < 1.29 is 4.92 Å². The van der Waals surface area contributed by atoms with Gasteiger partial charge >= 0.3 is 0 Å². The minimum absolute atomic E-state index is 0.0591. The fourth-order valence-corrected chi connectivity index (χ4v) is 1.83. The van der Waals surface area contributed by atoms with Crippen molar-refractivity contribution in [2.45, 2.75) is 0 Å². The van der Waals surface area contributed by atoms with Gasteiger partial charge in [-0.1, -0.05) is 15.9 Å². The lowest BCUT2D eigenvalue weighted by atomic mass is 10.1. The lowest BCUT2D eigenvalue weighted by molar-refractivity contribution is -0.384. The standard InChI is InChI=1S/C10H8BrN3O2/c1-13-5-4-10(12-13)8-6-7(14(15)16)2-3-9(8)11/h2-6H,1H3. The number of hydrogen-bond donors (Lipinski definition) is 0. The Bertz CT molecular complexity index is 551. The first kappa shape index (κ1) is 10.8. The minimum atomic E-state index is -0.418. The van der Waals surface area contributed by atoms with Gasteiger partial charge < -0.3 is 0 Å². The maximum absolute atomic E-state index is 10.7. The van der Waals surface area contributed by atoms with Crippen molar-refractivity contribution in [1.29, 1.82) is 0 Å². The van der Waals surface area contributed by atoms with Crippen LogP contribution in [0, 0.1) is 10.1 Å². The highest BCUT2D eigenvalue weighted by Crippen LogP contribution is 2.30. The summed E-state index contributed by atoms with van der Waals surface area (Å²) >= 11 is 3.35. The Labute approximate surface area is 100.0 Å². The molecule has 1 heterocycles. The third-order valence-electron chi connectivity index (χ3n) is 2.15. The zero-order valence-electron chi connectivity index (χ0n) is 8.42. The lowest BCUT2D eigenvalue weighted by Gasteiger charge is -2.00. The van der Waals surface area contributed by atoms with Crippen LogP contribution >= 0.6 is 15.9 Å². The van der Waals surface area contributed by atoms with Gasteiger partial charge in [0.1, 0.15) is 0 Å². The average molecular weight is 282 g/mol. The van der Waals surface area contributed by atoms with Crippen LogP contribution in [0.5, 0.6) is 0 Å². The van der Waals surface area contributed by atoms with E-state index in [2.05, 4.69) is 21.0 Å². The van der Waals surface area contributed by atoms with E-state index >= 15 is 0 Å². The molecule has 0 bridgehead atoms. The SMILES string of the molecule is Cn1ccc(-c2cc([N+](=O)[O-])ccc2Br)n1. The van der Waals surface area contributed by atoms with Crippen molar-refractivity contribution in [1.82, 2.24) is 9.78 Å². The smallest absolute Gasteiger partial charge is 0.270 e. The monoisotopic (exact) mass is 281 g/mol. The molecule has 16 heavy (non-hydrogen) atoms. The number of nitro benzene ring substituents is 1. The van der Waals surface area contributed by atoms with Crippen molar-refractivity contribution in [3.8, 4) is 11.3 Å². The first-order chi connectivity index (χ1) is 7.58. The Hall–Kier alpha value is -1.69. The van der Waals surface area contributed by atoms with Crippen molar-refractivity contribution in [2.75, 3.05) is 0 Å². The number of benzene rings is 1. The van der Waals surface area contributed by atoms with Gasteiger partial charge in [-0.05, 0) is 12.1 Å². The lowest BCUT2D eigenvalue weighted by Crippen LogP contribution is -1.91. The molecule has 0 radical (unpaired) electrons. The molecule has 1 aromatic heterocycles. The number of non-ortho nitro benzene ring substituents is 1. The summed E-state index contributed by atoms with van der Waals surface area (Å²) in [5.74, 6) is 0. The van der Waals surface area contributed by atoms with E-state index < -0.39 is 4.92 Å². The van der Waals surface area contributed by atoms with E-state index in [0.29, 0.717) is 5.69 Å². The summed E-state index contributed by atoms with van der Waals surface area (Å²) in [7, 11) is 1.80. The van der Waals surface area contributed by atoms with Crippen LogP contribution in [0.15, 0.2) is 34.9 Å². The first-order valence-electron chi connectivity index (χ1n) is 4.52. The highest BCUT2D eigenvalue weighted by atomic mass is 79.9. The molecular formula is C10H8BrN3O2. The molecule has 6 heteroatoms. The van der Waals surface area contributed by atoms with Gasteiger partial charge in [-0.25, -0.2) is 0 Å². The Morgan fingerprint density at radius 1 is 1.44 bits per heavy atom. The number of hydrogen-bond acceptors (Lipinski definition) is 3. The number of nitrogens with zero attached hydrogens (tertiary/aromatic N) is 3. The predicted molar refractivity (Wildman–Crippen MR) is 63.0 cm³/mol. The van der Waals surface area contributed by atoms with Crippen molar-refractivity contribution >= 4 is 21.6 Å². The highest BCUT2D eigenvalue weighted by Gasteiger charge is 2.12. The Balaban J connectivity index is 2.55. The van der Waals surface area contributed by atoms with Crippen LogP contribution in [0.25, 0.3) is 11.3 Å². The van der Waals surface area contributed by atoms with E-state index in [1.165, 1.54) is 12.1 Å². The van der Waals surface area contributed by atoms with Gasteiger partial charge in [0.25, 0.3) is 5.69 Å². The van der Waals surface area contributed by atoms with E-state index in [9.17, 15) is 10.1 Å². The molecule has 2 aromatic rings. The second kappa shape index (κ2) is 4.05. The number of aryl methyl sites for hydroxylation is 1. The van der Waals surface area contributed by atoms with Crippen molar-refractivity contribution in [3.63, 3.8) is 0 Å². The van der Waals surface area contributed by atoms with E-state index in [0.717, 1.165) is 10.0 Å². The highest BCUT2D eigenvalue weighted by molar-refractivity contribution is 9.10.